The molecule has 1 unspecified atom stereocenters. The van der Waals surface area contributed by atoms with E-state index in [1.165, 1.54) is 109 Å². The van der Waals surface area contributed by atoms with Crippen molar-refractivity contribution < 1.29 is 47.8 Å². The molecule has 11 heteroatoms. The van der Waals surface area contributed by atoms with Crippen LogP contribution in [0.1, 0.15) is 213 Å². The van der Waals surface area contributed by atoms with Crippen molar-refractivity contribution in [2.75, 3.05) is 26.4 Å². The molecule has 0 saturated carbocycles. The van der Waals surface area contributed by atoms with E-state index in [0.717, 1.165) is 64.2 Å². The lowest BCUT2D eigenvalue weighted by molar-refractivity contribution is -0.161. The van der Waals surface area contributed by atoms with Gasteiger partial charge in [-0.1, -0.05) is 172 Å². The number of aliphatic hydroxyl groups excluding tert-OH is 2. The molecular weight excluding hydrogens is 755 g/mol. The molecular formula is C47H87O10P. The number of phosphoric acid groups is 1. The first-order chi connectivity index (χ1) is 28.2. The molecule has 0 aliphatic rings. The standard InChI is InChI=1S/C47H87O10P/c1-3-5-7-9-11-13-15-17-19-20-21-22-23-24-25-27-29-31-33-35-37-39-47(51)57-45(43-56-58(52,53)55-41-44(49)40-48)42-54-46(50)38-36-34-32-30-28-26-18-16-14-12-10-8-6-4-2/h10,12,16-19,44-45,48-49H,3-9,11,13-15,20-43H2,1-2H3,(H,52,53)/b12-10+,18-16+,19-17+/t44-,45+/m0/s1. The topological polar surface area (TPSA) is 149 Å². The van der Waals surface area contributed by atoms with Gasteiger partial charge in [0.25, 0.3) is 0 Å². The number of aliphatic hydroxyl groups is 2. The zero-order valence-electron chi connectivity index (χ0n) is 37.0. The Kier molecular flexibility index (Phi) is 41.9. The zero-order valence-corrected chi connectivity index (χ0v) is 37.9. The number of phosphoric ester groups is 1. The van der Waals surface area contributed by atoms with Crippen LogP contribution < -0.4 is 0 Å². The third-order valence-corrected chi connectivity index (χ3v) is 11.0. The Morgan fingerprint density at radius 1 is 0.517 bits per heavy atom. The average molecular weight is 843 g/mol. The van der Waals surface area contributed by atoms with Gasteiger partial charge in [0.05, 0.1) is 19.8 Å². The van der Waals surface area contributed by atoms with Crippen molar-refractivity contribution in [1.82, 2.24) is 0 Å². The molecule has 3 atom stereocenters. The summed E-state index contributed by atoms with van der Waals surface area (Å²) in [5.41, 5.74) is 0. The van der Waals surface area contributed by atoms with E-state index in [1.807, 2.05) is 0 Å². The van der Waals surface area contributed by atoms with Crippen molar-refractivity contribution in [3.05, 3.63) is 36.5 Å². The molecule has 0 aliphatic carbocycles. The molecule has 58 heavy (non-hydrogen) atoms. The van der Waals surface area contributed by atoms with E-state index in [2.05, 4.69) is 50.3 Å². The second-order valence-corrected chi connectivity index (χ2v) is 17.2. The van der Waals surface area contributed by atoms with Crippen LogP contribution in [0.4, 0.5) is 0 Å². The number of esters is 2. The van der Waals surface area contributed by atoms with Crippen molar-refractivity contribution in [2.24, 2.45) is 0 Å². The third kappa shape index (κ3) is 42.3. The summed E-state index contributed by atoms with van der Waals surface area (Å²) in [6.45, 7) is 2.34. The van der Waals surface area contributed by atoms with E-state index in [9.17, 15) is 24.2 Å². The van der Waals surface area contributed by atoms with Gasteiger partial charge in [-0.15, -0.1) is 0 Å². The van der Waals surface area contributed by atoms with E-state index < -0.39 is 51.8 Å². The highest BCUT2D eigenvalue weighted by Crippen LogP contribution is 2.43. The molecule has 0 rings (SSSR count). The summed E-state index contributed by atoms with van der Waals surface area (Å²) >= 11 is 0. The van der Waals surface area contributed by atoms with Crippen molar-refractivity contribution >= 4 is 19.8 Å². The Balaban J connectivity index is 4.22. The molecule has 0 bridgehead atoms. The number of unbranched alkanes of at least 4 members (excludes halogenated alkanes) is 24. The Morgan fingerprint density at radius 2 is 0.914 bits per heavy atom. The lowest BCUT2D eigenvalue weighted by Crippen LogP contribution is -2.29. The molecule has 0 fully saturated rings. The van der Waals surface area contributed by atoms with Crippen molar-refractivity contribution in [3.63, 3.8) is 0 Å². The van der Waals surface area contributed by atoms with E-state index >= 15 is 0 Å². The third-order valence-electron chi connectivity index (χ3n) is 10.0. The largest absolute Gasteiger partial charge is 0.472 e. The Labute approximate surface area is 354 Å². The van der Waals surface area contributed by atoms with Gasteiger partial charge in [-0.3, -0.25) is 18.6 Å². The summed E-state index contributed by atoms with van der Waals surface area (Å²) in [7, 11) is -4.62. The zero-order chi connectivity index (χ0) is 42.6. The van der Waals surface area contributed by atoms with Crippen LogP contribution in [0, 0.1) is 0 Å². The first-order valence-corrected chi connectivity index (χ1v) is 24.9. The van der Waals surface area contributed by atoms with Crippen LogP contribution in [0.2, 0.25) is 0 Å². The number of carbonyl (C=O) groups is 2. The van der Waals surface area contributed by atoms with Gasteiger partial charge in [0.1, 0.15) is 12.7 Å². The molecule has 0 spiro atoms. The fourth-order valence-corrected chi connectivity index (χ4v) is 7.15. The number of hydrogen-bond donors (Lipinski definition) is 3. The van der Waals surface area contributed by atoms with Gasteiger partial charge in [-0.2, -0.15) is 0 Å². The summed E-state index contributed by atoms with van der Waals surface area (Å²) in [5, 5.41) is 18.4. The second-order valence-electron chi connectivity index (χ2n) is 15.8. The van der Waals surface area contributed by atoms with Gasteiger partial charge in [-0.05, 0) is 64.2 Å². The molecule has 0 heterocycles. The summed E-state index contributed by atoms with van der Waals surface area (Å²) in [5.74, 6) is -0.937. The average Bonchev–Trinajstić information content (AvgIpc) is 3.21. The Hall–Kier alpha value is -1.81. The van der Waals surface area contributed by atoms with Crippen LogP contribution in [-0.2, 0) is 32.7 Å². The number of rotatable bonds is 44. The van der Waals surface area contributed by atoms with Crippen LogP contribution in [0.5, 0.6) is 0 Å². The maximum atomic E-state index is 12.6. The highest BCUT2D eigenvalue weighted by Gasteiger charge is 2.27. The Morgan fingerprint density at radius 3 is 1.40 bits per heavy atom. The molecule has 0 saturated heterocycles. The number of allylic oxidation sites excluding steroid dienone is 6. The molecule has 3 N–H and O–H groups in total. The molecule has 0 aromatic rings. The quantitative estimate of drug-likeness (QED) is 0.0234. The van der Waals surface area contributed by atoms with E-state index in [0.29, 0.717) is 12.8 Å². The van der Waals surface area contributed by atoms with Crippen molar-refractivity contribution in [1.29, 1.82) is 0 Å². The minimum atomic E-state index is -4.62. The van der Waals surface area contributed by atoms with Gasteiger partial charge < -0.3 is 24.6 Å². The molecule has 10 nitrogen and oxygen atoms in total. The minimum absolute atomic E-state index is 0.181. The lowest BCUT2D eigenvalue weighted by Gasteiger charge is -2.20. The highest BCUT2D eigenvalue weighted by molar-refractivity contribution is 7.47. The maximum Gasteiger partial charge on any atom is 0.472 e. The van der Waals surface area contributed by atoms with E-state index in [-0.39, 0.29) is 19.4 Å². The predicted molar refractivity (Wildman–Crippen MR) is 238 cm³/mol. The maximum absolute atomic E-state index is 12.6. The Bertz CT molecular complexity index is 1060. The number of carbonyl (C=O) groups excluding carboxylic acids is 2. The molecule has 340 valence electrons. The molecule has 0 aromatic carbocycles. The second kappa shape index (κ2) is 43.3. The molecule has 0 aromatic heterocycles. The normalized spacial score (nSPS) is 14.1. The van der Waals surface area contributed by atoms with Crippen LogP contribution in [0.25, 0.3) is 0 Å². The van der Waals surface area contributed by atoms with Crippen LogP contribution >= 0.6 is 7.82 Å². The lowest BCUT2D eigenvalue weighted by atomic mass is 10.0. The van der Waals surface area contributed by atoms with Crippen molar-refractivity contribution in [2.45, 2.75) is 225 Å². The molecule has 0 aliphatic heterocycles. The van der Waals surface area contributed by atoms with E-state index in [4.69, 9.17) is 23.6 Å². The summed E-state index contributed by atoms with van der Waals surface area (Å²) in [6, 6.07) is 0. The van der Waals surface area contributed by atoms with Gasteiger partial charge in [0.15, 0.2) is 6.10 Å². The van der Waals surface area contributed by atoms with Crippen molar-refractivity contribution in [3.8, 4) is 0 Å². The smallest absolute Gasteiger partial charge is 0.462 e. The number of hydrogen-bond acceptors (Lipinski definition) is 9. The minimum Gasteiger partial charge on any atom is -0.462 e. The summed E-state index contributed by atoms with van der Waals surface area (Å²) in [6.07, 6.45) is 45.4. The summed E-state index contributed by atoms with van der Waals surface area (Å²) < 4.78 is 32.8. The fourth-order valence-electron chi connectivity index (χ4n) is 6.36. The van der Waals surface area contributed by atoms with Gasteiger partial charge in [0, 0.05) is 12.8 Å². The number of ether oxygens (including phenoxy) is 2. The fraction of sp³-hybridized carbons (Fsp3) is 0.830. The van der Waals surface area contributed by atoms with Crippen LogP contribution in [0.15, 0.2) is 36.5 Å². The van der Waals surface area contributed by atoms with Crippen LogP contribution in [-0.4, -0.2) is 65.7 Å². The molecule has 0 radical (unpaired) electrons. The molecule has 0 amide bonds. The predicted octanol–water partition coefficient (Wildman–Crippen LogP) is 12.7. The highest BCUT2D eigenvalue weighted by atomic mass is 31.2. The van der Waals surface area contributed by atoms with Crippen LogP contribution in [0.3, 0.4) is 0 Å². The van der Waals surface area contributed by atoms with Gasteiger partial charge >= 0.3 is 19.8 Å². The van der Waals surface area contributed by atoms with Gasteiger partial charge in [-0.25, -0.2) is 4.57 Å². The summed E-state index contributed by atoms with van der Waals surface area (Å²) in [4.78, 5) is 35.0. The first-order valence-electron chi connectivity index (χ1n) is 23.4. The monoisotopic (exact) mass is 843 g/mol. The first kappa shape index (κ1) is 56.2. The SMILES string of the molecule is CCCC/C=C/C/C=C/CCCCCCCC(=O)OC[C@H](COP(=O)(O)OC[C@@H](O)CO)OC(=O)CCCCCCCCCCCCC/C=C/CCCCCCCC. The van der Waals surface area contributed by atoms with Gasteiger partial charge in [0.2, 0.25) is 0 Å². The van der Waals surface area contributed by atoms with E-state index in [1.54, 1.807) is 0 Å².